The molecule has 1 aromatic carbocycles. The first-order chi connectivity index (χ1) is 8.33. The lowest BCUT2D eigenvalue weighted by Crippen LogP contribution is -2.19. The molecule has 0 saturated carbocycles. The Morgan fingerprint density at radius 2 is 1.89 bits per heavy atom. The highest BCUT2D eigenvalue weighted by atomic mass is 19.4. The number of carboxylic acids is 1. The third kappa shape index (κ3) is 5.07. The molecule has 102 valence electrons. The summed E-state index contributed by atoms with van der Waals surface area (Å²) in [5, 5.41) is 8.68. The molecule has 0 radical (unpaired) electrons. The van der Waals surface area contributed by atoms with Crippen molar-refractivity contribution in [2.45, 2.75) is 33.6 Å². The number of halogens is 3. The molecule has 0 unspecified atom stereocenters. The largest absolute Gasteiger partial charge is 0.573 e. The average Bonchev–Trinajstić information content (AvgIpc) is 2.29. The van der Waals surface area contributed by atoms with Gasteiger partial charge in [-0.15, -0.1) is 13.2 Å². The van der Waals surface area contributed by atoms with Gasteiger partial charge >= 0.3 is 12.3 Å². The predicted octanol–water partition coefficient (Wildman–Crippen LogP) is 3.87. The third-order valence-electron chi connectivity index (χ3n) is 1.91. The predicted molar refractivity (Wildman–Crippen MR) is 60.8 cm³/mol. The molecule has 18 heavy (non-hydrogen) atoms. The number of carboxylic acid groups (broad SMARTS) is 1. The topological polar surface area (TPSA) is 46.5 Å². The van der Waals surface area contributed by atoms with E-state index in [0.29, 0.717) is 12.0 Å². The van der Waals surface area contributed by atoms with Gasteiger partial charge in [0.2, 0.25) is 0 Å². The number of hydrogen-bond acceptors (Lipinski definition) is 2. The number of alkyl halides is 3. The molecule has 0 saturated heterocycles. The Bertz CT molecular complexity index is 400. The van der Waals surface area contributed by atoms with E-state index in [1.807, 2.05) is 13.8 Å². The van der Waals surface area contributed by atoms with E-state index in [9.17, 15) is 18.0 Å². The first kappa shape index (κ1) is 16.3. The van der Waals surface area contributed by atoms with E-state index < -0.39 is 23.6 Å². The summed E-state index contributed by atoms with van der Waals surface area (Å²) in [5.74, 6) is -2.14. The van der Waals surface area contributed by atoms with E-state index in [4.69, 9.17) is 5.11 Å². The van der Waals surface area contributed by atoms with E-state index in [0.717, 1.165) is 12.1 Å². The molecule has 0 aromatic heterocycles. The molecule has 3 nitrogen and oxygen atoms in total. The number of ether oxygens (including phenoxy) is 1. The van der Waals surface area contributed by atoms with Crippen LogP contribution in [0, 0.1) is 0 Å². The molecule has 0 heterocycles. The second-order valence-electron chi connectivity index (χ2n) is 3.04. The second-order valence-corrected chi connectivity index (χ2v) is 3.04. The van der Waals surface area contributed by atoms with Gasteiger partial charge < -0.3 is 9.84 Å². The first-order valence-corrected chi connectivity index (χ1v) is 5.45. The van der Waals surface area contributed by atoms with E-state index in [1.165, 1.54) is 6.07 Å². The van der Waals surface area contributed by atoms with Gasteiger partial charge in [-0.1, -0.05) is 26.8 Å². The summed E-state index contributed by atoms with van der Waals surface area (Å²) in [6.07, 6.45) is -4.40. The van der Waals surface area contributed by atoms with Crippen LogP contribution in [0.4, 0.5) is 13.2 Å². The van der Waals surface area contributed by atoms with Crippen molar-refractivity contribution in [2.75, 3.05) is 0 Å². The fraction of sp³-hybridized carbons (Fsp3) is 0.417. The first-order valence-electron chi connectivity index (χ1n) is 5.45. The zero-order valence-electron chi connectivity index (χ0n) is 10.3. The fourth-order valence-electron chi connectivity index (χ4n) is 1.17. The highest BCUT2D eigenvalue weighted by Crippen LogP contribution is 2.27. The van der Waals surface area contributed by atoms with Gasteiger partial charge in [-0.25, -0.2) is 4.79 Å². The zero-order valence-corrected chi connectivity index (χ0v) is 10.3. The van der Waals surface area contributed by atoms with Crippen LogP contribution < -0.4 is 4.74 Å². The van der Waals surface area contributed by atoms with Crippen LogP contribution in [0.5, 0.6) is 5.75 Å². The Hall–Kier alpha value is -1.72. The normalized spacial score (nSPS) is 10.3. The molecule has 1 aromatic rings. The quantitative estimate of drug-likeness (QED) is 0.901. The van der Waals surface area contributed by atoms with Crippen molar-refractivity contribution in [3.8, 4) is 5.75 Å². The standard InChI is InChI=1S/C10H9F3O3.C2H6/c1-2-6-3-4-7(9(14)15)8(5-6)16-10(11,12)13;1-2/h3-5H,2H2,1H3,(H,14,15);1-2H3. The van der Waals surface area contributed by atoms with Crippen molar-refractivity contribution >= 4 is 5.97 Å². The van der Waals surface area contributed by atoms with Crippen molar-refractivity contribution in [3.63, 3.8) is 0 Å². The van der Waals surface area contributed by atoms with Crippen LogP contribution in [-0.2, 0) is 6.42 Å². The molecule has 0 atom stereocenters. The van der Waals surface area contributed by atoms with Crippen molar-refractivity contribution in [1.29, 1.82) is 0 Å². The Labute approximate surface area is 103 Å². The van der Waals surface area contributed by atoms with Gasteiger partial charge in [0, 0.05) is 0 Å². The lowest BCUT2D eigenvalue weighted by molar-refractivity contribution is -0.274. The third-order valence-corrected chi connectivity index (χ3v) is 1.91. The van der Waals surface area contributed by atoms with Gasteiger partial charge in [-0.2, -0.15) is 0 Å². The molecule has 0 spiro atoms. The molecule has 0 bridgehead atoms. The van der Waals surface area contributed by atoms with Gasteiger partial charge in [0.15, 0.2) is 0 Å². The van der Waals surface area contributed by atoms with E-state index in [2.05, 4.69) is 4.74 Å². The van der Waals surface area contributed by atoms with Crippen LogP contribution in [-0.4, -0.2) is 17.4 Å². The summed E-state index contributed by atoms with van der Waals surface area (Å²) < 4.78 is 39.7. The van der Waals surface area contributed by atoms with Crippen molar-refractivity contribution in [3.05, 3.63) is 29.3 Å². The molecule has 1 N–H and O–H groups in total. The van der Waals surface area contributed by atoms with Crippen molar-refractivity contribution in [1.82, 2.24) is 0 Å². The molecule has 1 rings (SSSR count). The molecular weight excluding hydrogens is 249 g/mol. The maximum absolute atomic E-state index is 12.0. The van der Waals surface area contributed by atoms with Gasteiger partial charge in [0.25, 0.3) is 0 Å². The number of hydrogen-bond donors (Lipinski definition) is 1. The minimum Gasteiger partial charge on any atom is -0.478 e. The SMILES string of the molecule is CC.CCc1ccc(C(=O)O)c(OC(F)(F)F)c1. The molecule has 0 aliphatic heterocycles. The summed E-state index contributed by atoms with van der Waals surface area (Å²) in [6.45, 7) is 5.74. The summed E-state index contributed by atoms with van der Waals surface area (Å²) >= 11 is 0. The summed E-state index contributed by atoms with van der Waals surface area (Å²) in [7, 11) is 0. The van der Waals surface area contributed by atoms with Crippen LogP contribution >= 0.6 is 0 Å². The van der Waals surface area contributed by atoms with Crippen LogP contribution in [0.3, 0.4) is 0 Å². The second kappa shape index (κ2) is 6.88. The highest BCUT2D eigenvalue weighted by molar-refractivity contribution is 5.91. The van der Waals surface area contributed by atoms with Crippen LogP contribution in [0.25, 0.3) is 0 Å². The molecule has 0 aliphatic carbocycles. The van der Waals surface area contributed by atoms with Crippen LogP contribution in [0.15, 0.2) is 18.2 Å². The number of benzene rings is 1. The number of carbonyl (C=O) groups is 1. The van der Waals surface area contributed by atoms with Gasteiger partial charge in [-0.3, -0.25) is 0 Å². The Kier molecular flexibility index (Phi) is 6.22. The number of aromatic carboxylic acids is 1. The van der Waals surface area contributed by atoms with Crippen LogP contribution in [0.1, 0.15) is 36.7 Å². The van der Waals surface area contributed by atoms with Crippen LogP contribution in [0.2, 0.25) is 0 Å². The molecule has 0 amide bonds. The average molecular weight is 264 g/mol. The Morgan fingerprint density at radius 3 is 2.28 bits per heavy atom. The number of aryl methyl sites for hydroxylation is 1. The van der Waals surface area contributed by atoms with Crippen molar-refractivity contribution in [2.24, 2.45) is 0 Å². The van der Waals surface area contributed by atoms with E-state index in [-0.39, 0.29) is 0 Å². The lowest BCUT2D eigenvalue weighted by Gasteiger charge is -2.12. The summed E-state index contributed by atoms with van der Waals surface area (Å²) in [5.41, 5.74) is 0.0683. The van der Waals surface area contributed by atoms with Gasteiger partial charge in [0.05, 0.1) is 0 Å². The minimum absolute atomic E-state index is 0.494. The van der Waals surface area contributed by atoms with Crippen molar-refractivity contribution < 1.29 is 27.8 Å². The Balaban J connectivity index is 0.00000137. The minimum atomic E-state index is -4.89. The van der Waals surface area contributed by atoms with Gasteiger partial charge in [0.1, 0.15) is 11.3 Å². The monoisotopic (exact) mass is 264 g/mol. The maximum Gasteiger partial charge on any atom is 0.573 e. The highest BCUT2D eigenvalue weighted by Gasteiger charge is 2.33. The smallest absolute Gasteiger partial charge is 0.478 e. The fourth-order valence-corrected chi connectivity index (χ4v) is 1.17. The zero-order chi connectivity index (χ0) is 14.3. The molecular formula is C12H15F3O3. The van der Waals surface area contributed by atoms with Gasteiger partial charge in [-0.05, 0) is 24.1 Å². The van der Waals surface area contributed by atoms with E-state index >= 15 is 0 Å². The molecule has 6 heteroatoms. The molecule has 0 fully saturated rings. The molecule has 0 aliphatic rings. The maximum atomic E-state index is 12.0. The summed E-state index contributed by atoms with van der Waals surface area (Å²) in [4.78, 5) is 10.7. The Morgan fingerprint density at radius 1 is 1.33 bits per heavy atom. The summed E-state index contributed by atoms with van der Waals surface area (Å²) in [6, 6.07) is 3.63. The lowest BCUT2D eigenvalue weighted by atomic mass is 10.1. The number of rotatable bonds is 3. The van der Waals surface area contributed by atoms with E-state index in [1.54, 1.807) is 6.92 Å².